The molecule has 2 aliphatic rings. The second-order valence-corrected chi connectivity index (χ2v) is 7.65. The number of amides is 2. The zero-order valence-corrected chi connectivity index (χ0v) is 15.7. The minimum absolute atomic E-state index is 0.0183. The van der Waals surface area contributed by atoms with E-state index in [1.54, 1.807) is 17.1 Å². The Morgan fingerprint density at radius 2 is 2.00 bits per heavy atom. The Labute approximate surface area is 155 Å². The highest BCUT2D eigenvalue weighted by Gasteiger charge is 2.25. The molecule has 1 saturated carbocycles. The standard InChI is InChI=1S/C19H31N5O2/c1-20-10-15-6-5-9-23(12-15)19(26)16-11-21-24(13-16)14-18(25)22-17-7-3-2-4-8-17/h11,13,15,17,20H,2-10,12,14H2,1H3,(H,22,25). The Bertz CT molecular complexity index is 607. The van der Waals surface area contributed by atoms with Gasteiger partial charge in [-0.25, -0.2) is 0 Å². The fourth-order valence-corrected chi connectivity index (χ4v) is 4.12. The second kappa shape index (κ2) is 9.16. The maximum atomic E-state index is 12.7. The first-order chi connectivity index (χ1) is 12.7. The lowest BCUT2D eigenvalue weighted by Gasteiger charge is -2.32. The molecule has 1 aliphatic carbocycles. The van der Waals surface area contributed by atoms with Crippen molar-refractivity contribution in [3.63, 3.8) is 0 Å². The van der Waals surface area contributed by atoms with Crippen molar-refractivity contribution in [3.8, 4) is 0 Å². The number of piperidine rings is 1. The van der Waals surface area contributed by atoms with Crippen molar-refractivity contribution in [1.29, 1.82) is 0 Å². The van der Waals surface area contributed by atoms with Gasteiger partial charge in [0.05, 0.1) is 11.8 Å². The summed E-state index contributed by atoms with van der Waals surface area (Å²) in [4.78, 5) is 26.8. The molecule has 0 spiro atoms. The predicted octanol–water partition coefficient (Wildman–Crippen LogP) is 1.40. The largest absolute Gasteiger partial charge is 0.352 e. The zero-order valence-electron chi connectivity index (χ0n) is 15.7. The average molecular weight is 361 g/mol. The van der Waals surface area contributed by atoms with E-state index in [2.05, 4.69) is 15.7 Å². The Balaban J connectivity index is 1.51. The molecule has 1 aliphatic heterocycles. The van der Waals surface area contributed by atoms with Crippen molar-refractivity contribution >= 4 is 11.8 Å². The molecule has 1 saturated heterocycles. The minimum Gasteiger partial charge on any atom is -0.352 e. The first-order valence-corrected chi connectivity index (χ1v) is 9.91. The summed E-state index contributed by atoms with van der Waals surface area (Å²) in [5.74, 6) is 0.504. The van der Waals surface area contributed by atoms with Crippen LogP contribution in [-0.2, 0) is 11.3 Å². The quantitative estimate of drug-likeness (QED) is 0.803. The van der Waals surface area contributed by atoms with E-state index in [9.17, 15) is 9.59 Å². The molecule has 0 bridgehead atoms. The molecule has 26 heavy (non-hydrogen) atoms. The number of rotatable bonds is 6. The molecule has 1 atom stereocenters. The third kappa shape index (κ3) is 5.06. The van der Waals surface area contributed by atoms with Gasteiger partial charge in [-0.2, -0.15) is 5.10 Å². The number of aromatic nitrogens is 2. The summed E-state index contributed by atoms with van der Waals surface area (Å²) in [6.07, 6.45) is 11.3. The summed E-state index contributed by atoms with van der Waals surface area (Å²) in [5, 5.41) is 10.5. The van der Waals surface area contributed by atoms with Crippen molar-refractivity contribution in [2.24, 2.45) is 5.92 Å². The van der Waals surface area contributed by atoms with Gasteiger partial charge in [0.15, 0.2) is 0 Å². The molecule has 144 valence electrons. The van der Waals surface area contributed by atoms with Gasteiger partial charge in [-0.05, 0) is 45.2 Å². The van der Waals surface area contributed by atoms with E-state index in [4.69, 9.17) is 0 Å². The molecule has 2 heterocycles. The van der Waals surface area contributed by atoms with Gasteiger partial charge in [0.25, 0.3) is 5.91 Å². The molecule has 2 fully saturated rings. The molecule has 1 aromatic rings. The number of carbonyl (C=O) groups is 2. The second-order valence-electron chi connectivity index (χ2n) is 7.65. The first kappa shape index (κ1) is 18.9. The monoisotopic (exact) mass is 361 g/mol. The van der Waals surface area contributed by atoms with Crippen LogP contribution in [-0.4, -0.2) is 59.2 Å². The van der Waals surface area contributed by atoms with Crippen LogP contribution in [0.15, 0.2) is 12.4 Å². The van der Waals surface area contributed by atoms with E-state index < -0.39 is 0 Å². The van der Waals surface area contributed by atoms with Gasteiger partial charge in [0, 0.05) is 25.3 Å². The van der Waals surface area contributed by atoms with Crippen LogP contribution < -0.4 is 10.6 Å². The van der Waals surface area contributed by atoms with Gasteiger partial charge in [0.2, 0.25) is 5.91 Å². The molecule has 0 radical (unpaired) electrons. The fourth-order valence-electron chi connectivity index (χ4n) is 4.12. The highest BCUT2D eigenvalue weighted by Crippen LogP contribution is 2.19. The number of nitrogens with one attached hydrogen (secondary N) is 2. The van der Waals surface area contributed by atoms with E-state index in [1.165, 1.54) is 19.3 Å². The summed E-state index contributed by atoms with van der Waals surface area (Å²) in [5.41, 5.74) is 0.570. The topological polar surface area (TPSA) is 79.3 Å². The number of carbonyl (C=O) groups excluding carboxylic acids is 2. The van der Waals surface area contributed by atoms with Crippen molar-refractivity contribution in [2.75, 3.05) is 26.7 Å². The van der Waals surface area contributed by atoms with Crippen LogP contribution in [0.2, 0.25) is 0 Å². The normalized spacial score (nSPS) is 21.6. The molecule has 3 rings (SSSR count). The van der Waals surface area contributed by atoms with E-state index in [1.807, 2.05) is 11.9 Å². The SMILES string of the molecule is CNCC1CCCN(C(=O)c2cnn(CC(=O)NC3CCCCC3)c2)C1. The van der Waals surface area contributed by atoms with Gasteiger partial charge >= 0.3 is 0 Å². The summed E-state index contributed by atoms with van der Waals surface area (Å²) < 4.78 is 1.57. The van der Waals surface area contributed by atoms with Crippen LogP contribution in [0.25, 0.3) is 0 Å². The summed E-state index contributed by atoms with van der Waals surface area (Å²) in [6, 6.07) is 0.297. The van der Waals surface area contributed by atoms with E-state index in [0.717, 1.165) is 45.3 Å². The molecule has 2 amide bonds. The van der Waals surface area contributed by atoms with Crippen LogP contribution in [0.5, 0.6) is 0 Å². The van der Waals surface area contributed by atoms with Crippen molar-refractivity contribution in [3.05, 3.63) is 18.0 Å². The number of hydrogen-bond acceptors (Lipinski definition) is 4. The predicted molar refractivity (Wildman–Crippen MR) is 99.8 cm³/mol. The van der Waals surface area contributed by atoms with E-state index in [-0.39, 0.29) is 18.4 Å². The lowest BCUT2D eigenvalue weighted by atomic mass is 9.95. The number of hydrogen-bond donors (Lipinski definition) is 2. The molecule has 2 N–H and O–H groups in total. The first-order valence-electron chi connectivity index (χ1n) is 9.91. The van der Waals surface area contributed by atoms with Crippen LogP contribution in [0, 0.1) is 5.92 Å². The molecule has 7 heteroatoms. The maximum absolute atomic E-state index is 12.7. The maximum Gasteiger partial charge on any atom is 0.257 e. The van der Waals surface area contributed by atoms with Gasteiger partial charge in [-0.15, -0.1) is 0 Å². The van der Waals surface area contributed by atoms with Crippen LogP contribution in [0.3, 0.4) is 0 Å². The summed E-state index contributed by atoms with van der Waals surface area (Å²) in [7, 11) is 1.95. The lowest BCUT2D eigenvalue weighted by Crippen LogP contribution is -2.42. The molecule has 1 aromatic heterocycles. The van der Waals surface area contributed by atoms with Gasteiger partial charge < -0.3 is 15.5 Å². The fraction of sp³-hybridized carbons (Fsp3) is 0.737. The third-order valence-corrected chi connectivity index (χ3v) is 5.46. The summed E-state index contributed by atoms with van der Waals surface area (Å²) in [6.45, 7) is 2.69. The van der Waals surface area contributed by atoms with Crippen molar-refractivity contribution in [1.82, 2.24) is 25.3 Å². The Kier molecular flexibility index (Phi) is 6.66. The van der Waals surface area contributed by atoms with E-state index in [0.29, 0.717) is 17.5 Å². The Morgan fingerprint density at radius 3 is 2.77 bits per heavy atom. The van der Waals surface area contributed by atoms with Crippen molar-refractivity contribution < 1.29 is 9.59 Å². The lowest BCUT2D eigenvalue weighted by molar-refractivity contribution is -0.122. The number of likely N-dealkylation sites (tertiary alicyclic amines) is 1. The van der Waals surface area contributed by atoms with Crippen molar-refractivity contribution in [2.45, 2.75) is 57.5 Å². The van der Waals surface area contributed by atoms with Crippen LogP contribution in [0.4, 0.5) is 0 Å². The average Bonchev–Trinajstić information content (AvgIpc) is 3.10. The molecule has 7 nitrogen and oxygen atoms in total. The Morgan fingerprint density at radius 1 is 1.19 bits per heavy atom. The highest BCUT2D eigenvalue weighted by atomic mass is 16.2. The Hall–Kier alpha value is -1.89. The smallest absolute Gasteiger partial charge is 0.257 e. The minimum atomic E-state index is -0.0222. The molecular weight excluding hydrogens is 330 g/mol. The van der Waals surface area contributed by atoms with Gasteiger partial charge in [-0.3, -0.25) is 14.3 Å². The van der Waals surface area contributed by atoms with Crippen LogP contribution >= 0.6 is 0 Å². The molecular formula is C19H31N5O2. The third-order valence-electron chi connectivity index (χ3n) is 5.46. The van der Waals surface area contributed by atoms with Crippen LogP contribution in [0.1, 0.15) is 55.3 Å². The highest BCUT2D eigenvalue weighted by molar-refractivity contribution is 5.93. The molecule has 0 aromatic carbocycles. The zero-order chi connectivity index (χ0) is 18.4. The van der Waals surface area contributed by atoms with Gasteiger partial charge in [-0.1, -0.05) is 19.3 Å². The summed E-state index contributed by atoms with van der Waals surface area (Å²) >= 11 is 0. The van der Waals surface area contributed by atoms with Gasteiger partial charge in [0.1, 0.15) is 6.54 Å². The van der Waals surface area contributed by atoms with E-state index >= 15 is 0 Å². The molecule has 1 unspecified atom stereocenters. The number of nitrogens with zero attached hydrogens (tertiary/aromatic N) is 3.